The lowest BCUT2D eigenvalue weighted by atomic mass is 9.77. The third-order valence-corrected chi connectivity index (χ3v) is 7.20. The van der Waals surface area contributed by atoms with Crippen LogP contribution in [0, 0.1) is 17.6 Å². The van der Waals surface area contributed by atoms with Crippen molar-refractivity contribution in [2.24, 2.45) is 11.7 Å². The van der Waals surface area contributed by atoms with Crippen LogP contribution in [0.4, 0.5) is 8.78 Å². The van der Waals surface area contributed by atoms with E-state index in [1.807, 2.05) is 18.3 Å². The van der Waals surface area contributed by atoms with Crippen LogP contribution in [0.5, 0.6) is 5.75 Å². The third kappa shape index (κ3) is 4.34. The molecular formula is C26H29F2N3O2. The molecule has 33 heavy (non-hydrogen) atoms. The molecule has 5 nitrogen and oxygen atoms in total. The van der Waals surface area contributed by atoms with Crippen molar-refractivity contribution in [3.63, 3.8) is 0 Å². The van der Waals surface area contributed by atoms with Gasteiger partial charge in [-0.05, 0) is 68.4 Å². The van der Waals surface area contributed by atoms with Crippen LogP contribution >= 0.6 is 0 Å². The second-order valence-electron chi connectivity index (χ2n) is 9.27. The Balaban J connectivity index is 1.25. The van der Waals surface area contributed by atoms with Gasteiger partial charge in [0.1, 0.15) is 12.4 Å². The highest BCUT2D eigenvalue weighted by Gasteiger charge is 2.32. The Morgan fingerprint density at radius 2 is 2.03 bits per heavy atom. The summed E-state index contributed by atoms with van der Waals surface area (Å²) in [6.07, 6.45) is 8.03. The molecule has 0 spiro atoms. The first kappa shape index (κ1) is 21.9. The summed E-state index contributed by atoms with van der Waals surface area (Å²) in [7, 11) is 0. The van der Waals surface area contributed by atoms with Crippen LogP contribution in [0.25, 0.3) is 10.9 Å². The molecule has 174 valence electrons. The number of amides is 1. The quantitative estimate of drug-likeness (QED) is 0.525. The van der Waals surface area contributed by atoms with Gasteiger partial charge in [-0.2, -0.15) is 0 Å². The summed E-state index contributed by atoms with van der Waals surface area (Å²) in [6, 6.07) is 10.0. The summed E-state index contributed by atoms with van der Waals surface area (Å²) in [5, 5.41) is 4.40. The van der Waals surface area contributed by atoms with Crippen molar-refractivity contribution in [2.75, 3.05) is 6.61 Å². The van der Waals surface area contributed by atoms with Crippen LogP contribution < -0.4 is 15.8 Å². The van der Waals surface area contributed by atoms with E-state index in [0.717, 1.165) is 24.9 Å². The number of primary amides is 1. The molecule has 0 radical (unpaired) electrons. The van der Waals surface area contributed by atoms with Crippen molar-refractivity contribution in [1.82, 2.24) is 9.88 Å². The molecule has 2 aliphatic rings. The predicted octanol–water partition coefficient (Wildman–Crippen LogP) is 4.56. The zero-order valence-electron chi connectivity index (χ0n) is 18.5. The maximum atomic E-state index is 14.2. The first-order valence-electron chi connectivity index (χ1n) is 11.7. The molecule has 2 atom stereocenters. The summed E-state index contributed by atoms with van der Waals surface area (Å²) in [5.74, 6) is -0.463. The van der Waals surface area contributed by atoms with E-state index in [1.54, 1.807) is 6.07 Å². The molecule has 3 aromatic rings. The van der Waals surface area contributed by atoms with Gasteiger partial charge in [0.25, 0.3) is 0 Å². The van der Waals surface area contributed by atoms with Gasteiger partial charge in [-0.25, -0.2) is 8.78 Å². The highest BCUT2D eigenvalue weighted by molar-refractivity contribution is 5.95. The summed E-state index contributed by atoms with van der Waals surface area (Å²) in [5.41, 5.74) is 7.31. The molecule has 2 aromatic carbocycles. The lowest BCUT2D eigenvalue weighted by Gasteiger charge is -2.38. The van der Waals surface area contributed by atoms with Gasteiger partial charge >= 0.3 is 0 Å². The van der Waals surface area contributed by atoms with E-state index < -0.39 is 11.7 Å². The highest BCUT2D eigenvalue weighted by Crippen LogP contribution is 2.34. The first-order valence-corrected chi connectivity index (χ1v) is 11.7. The van der Waals surface area contributed by atoms with E-state index in [9.17, 15) is 13.6 Å². The average Bonchev–Trinajstić information content (AvgIpc) is 3.17. The van der Waals surface area contributed by atoms with Crippen molar-refractivity contribution >= 4 is 16.8 Å². The van der Waals surface area contributed by atoms with Gasteiger partial charge in [-0.1, -0.05) is 12.5 Å². The number of benzene rings is 2. The van der Waals surface area contributed by atoms with E-state index in [0.29, 0.717) is 41.5 Å². The maximum absolute atomic E-state index is 14.2. The minimum absolute atomic E-state index is 0.00972. The molecule has 1 amide bonds. The number of halogens is 2. The molecular weight excluding hydrogens is 424 g/mol. The Morgan fingerprint density at radius 1 is 1.18 bits per heavy atom. The molecule has 7 heteroatoms. The standard InChI is InChI=1S/C26H29F2N3O2/c27-21-6-2-8-24-19(21)11-13-31(24)12-3-7-23(16-4-1-5-16)30-17-14-20-18(26(29)32)9-10-22(28)25(20)33-15-17/h2,6,8-11,13,16-17,23,30H,1,3-5,7,12,14-15H2,(H2,29,32). The van der Waals surface area contributed by atoms with Crippen LogP contribution in [0.2, 0.25) is 0 Å². The van der Waals surface area contributed by atoms with Crippen LogP contribution in [-0.4, -0.2) is 29.2 Å². The topological polar surface area (TPSA) is 69.3 Å². The van der Waals surface area contributed by atoms with Crippen molar-refractivity contribution in [2.45, 2.75) is 57.2 Å². The van der Waals surface area contributed by atoms with Gasteiger partial charge in [0, 0.05) is 41.3 Å². The predicted molar refractivity (Wildman–Crippen MR) is 123 cm³/mol. The van der Waals surface area contributed by atoms with Crippen molar-refractivity contribution in [1.29, 1.82) is 0 Å². The largest absolute Gasteiger partial charge is 0.489 e. The molecule has 3 N–H and O–H groups in total. The molecule has 1 fully saturated rings. The second kappa shape index (κ2) is 9.14. The number of nitrogens with two attached hydrogens (primary N) is 1. The molecule has 1 aliphatic carbocycles. The van der Waals surface area contributed by atoms with Gasteiger partial charge < -0.3 is 20.4 Å². The van der Waals surface area contributed by atoms with Crippen LogP contribution in [0.3, 0.4) is 0 Å². The lowest BCUT2D eigenvalue weighted by Crippen LogP contribution is -2.49. The fourth-order valence-corrected chi connectivity index (χ4v) is 5.25. The SMILES string of the molecule is NC(=O)c1ccc(F)c2c1CC(NC(CCCn1ccc3c(F)cccc31)C1CCC1)CO2. The van der Waals surface area contributed by atoms with Crippen molar-refractivity contribution < 1.29 is 18.3 Å². The smallest absolute Gasteiger partial charge is 0.249 e. The number of hydrogen-bond donors (Lipinski definition) is 2. The highest BCUT2D eigenvalue weighted by atomic mass is 19.1. The lowest BCUT2D eigenvalue weighted by molar-refractivity contribution is 0.0996. The zero-order chi connectivity index (χ0) is 22.9. The van der Waals surface area contributed by atoms with E-state index in [2.05, 4.69) is 9.88 Å². The molecule has 2 heterocycles. The van der Waals surface area contributed by atoms with Gasteiger partial charge in [-0.3, -0.25) is 4.79 Å². The van der Waals surface area contributed by atoms with Crippen molar-refractivity contribution in [3.05, 3.63) is 65.4 Å². The molecule has 0 saturated heterocycles. The van der Waals surface area contributed by atoms with Gasteiger partial charge in [-0.15, -0.1) is 0 Å². The van der Waals surface area contributed by atoms with E-state index in [4.69, 9.17) is 10.5 Å². The summed E-state index contributed by atoms with van der Waals surface area (Å²) in [4.78, 5) is 11.8. The Bertz CT molecular complexity index is 1170. The number of aromatic nitrogens is 1. The number of carbonyl (C=O) groups excluding carboxylic acids is 1. The normalized spacial score (nSPS) is 19.0. The zero-order valence-corrected chi connectivity index (χ0v) is 18.5. The number of aryl methyl sites for hydroxylation is 1. The minimum atomic E-state index is -0.568. The average molecular weight is 454 g/mol. The number of carbonyl (C=O) groups is 1. The van der Waals surface area contributed by atoms with Crippen molar-refractivity contribution in [3.8, 4) is 5.75 Å². The van der Waals surface area contributed by atoms with Gasteiger partial charge in [0.05, 0.1) is 5.52 Å². The Labute approximate surface area is 191 Å². The second-order valence-corrected chi connectivity index (χ2v) is 9.27. The minimum Gasteiger partial charge on any atom is -0.489 e. The summed E-state index contributed by atoms with van der Waals surface area (Å²) < 4.78 is 36.0. The van der Waals surface area contributed by atoms with E-state index in [1.165, 1.54) is 37.5 Å². The Hall–Kier alpha value is -2.93. The number of nitrogens with one attached hydrogen (secondary N) is 1. The number of hydrogen-bond acceptors (Lipinski definition) is 3. The summed E-state index contributed by atoms with van der Waals surface area (Å²) >= 11 is 0. The number of rotatable bonds is 8. The van der Waals surface area contributed by atoms with E-state index >= 15 is 0 Å². The summed E-state index contributed by atoms with van der Waals surface area (Å²) in [6.45, 7) is 1.18. The Morgan fingerprint density at radius 3 is 2.79 bits per heavy atom. The molecule has 2 unspecified atom stereocenters. The van der Waals surface area contributed by atoms with Gasteiger partial charge in [0.2, 0.25) is 5.91 Å². The van der Waals surface area contributed by atoms with E-state index in [-0.39, 0.29) is 17.6 Å². The molecule has 1 aromatic heterocycles. The fourth-order valence-electron chi connectivity index (χ4n) is 5.25. The fraction of sp³-hybridized carbons (Fsp3) is 0.423. The first-order chi connectivity index (χ1) is 16.0. The number of fused-ring (bicyclic) bond motifs is 2. The van der Waals surface area contributed by atoms with Gasteiger partial charge in [0.15, 0.2) is 11.6 Å². The number of ether oxygens (including phenoxy) is 1. The molecule has 1 saturated carbocycles. The molecule has 5 rings (SSSR count). The number of nitrogens with zero attached hydrogens (tertiary/aromatic N) is 1. The van der Waals surface area contributed by atoms with Crippen LogP contribution in [0.1, 0.15) is 48.0 Å². The molecule has 1 aliphatic heterocycles. The van der Waals surface area contributed by atoms with Crippen LogP contribution in [0.15, 0.2) is 42.6 Å². The van der Waals surface area contributed by atoms with Crippen LogP contribution in [-0.2, 0) is 13.0 Å². The monoisotopic (exact) mass is 453 g/mol. The Kier molecular flexibility index (Phi) is 6.06. The third-order valence-electron chi connectivity index (χ3n) is 7.20. The molecule has 0 bridgehead atoms. The maximum Gasteiger partial charge on any atom is 0.249 e.